The molecule has 250 valence electrons. The fourth-order valence-electron chi connectivity index (χ4n) is 6.35. The minimum absolute atomic E-state index is 0.0911. The van der Waals surface area contributed by atoms with Crippen molar-refractivity contribution >= 4 is 39.9 Å². The molecule has 13 heteroatoms. The zero-order valence-corrected chi connectivity index (χ0v) is 25.7. The first-order chi connectivity index (χ1) is 23.0. The fraction of sp³-hybridized carbons (Fsp3) is 0.343. The summed E-state index contributed by atoms with van der Waals surface area (Å²) in [5, 5.41) is 10.2. The van der Waals surface area contributed by atoms with Crippen LogP contribution in [-0.4, -0.2) is 60.5 Å². The van der Waals surface area contributed by atoms with Crippen molar-refractivity contribution < 1.29 is 36.3 Å². The van der Waals surface area contributed by atoms with Gasteiger partial charge < -0.3 is 19.9 Å². The van der Waals surface area contributed by atoms with E-state index in [1.165, 1.54) is 24.3 Å². The number of hydrogen-bond donors (Lipinski definition) is 2. The number of amides is 2. The maximum absolute atomic E-state index is 14.1. The van der Waals surface area contributed by atoms with Crippen LogP contribution in [0.1, 0.15) is 47.2 Å². The number of piperidine rings is 1. The summed E-state index contributed by atoms with van der Waals surface area (Å²) in [6.07, 6.45) is 2.28. The van der Waals surface area contributed by atoms with Gasteiger partial charge in [0.05, 0.1) is 16.8 Å². The van der Waals surface area contributed by atoms with Gasteiger partial charge in [0.2, 0.25) is 0 Å². The second kappa shape index (κ2) is 13.6. The van der Waals surface area contributed by atoms with Crippen molar-refractivity contribution in [3.8, 4) is 12.3 Å². The molecule has 2 aliphatic heterocycles. The second-order valence-electron chi connectivity index (χ2n) is 12.0. The molecule has 3 heterocycles. The molecule has 1 aromatic heterocycles. The highest BCUT2D eigenvalue weighted by Gasteiger charge is 2.46. The van der Waals surface area contributed by atoms with Crippen LogP contribution in [0.25, 0.3) is 10.9 Å². The molecule has 6 rings (SSSR count). The van der Waals surface area contributed by atoms with Gasteiger partial charge in [0, 0.05) is 55.4 Å². The number of halogens is 5. The van der Waals surface area contributed by atoms with Crippen LogP contribution < -0.4 is 15.1 Å². The predicted octanol–water partition coefficient (Wildman–Crippen LogP) is 6.61. The van der Waals surface area contributed by atoms with Crippen LogP contribution in [0.3, 0.4) is 0 Å². The van der Waals surface area contributed by atoms with Crippen LogP contribution in [0.15, 0.2) is 54.6 Å². The van der Waals surface area contributed by atoms with Crippen molar-refractivity contribution in [1.29, 1.82) is 0 Å². The topological polar surface area (TPSA) is 90.6 Å². The zero-order chi connectivity index (χ0) is 34.0. The van der Waals surface area contributed by atoms with Crippen LogP contribution in [0.2, 0.25) is 0 Å². The number of nitrogens with zero attached hydrogens (tertiary/aromatic N) is 3. The van der Waals surface area contributed by atoms with Crippen molar-refractivity contribution in [2.24, 2.45) is 5.92 Å². The van der Waals surface area contributed by atoms with Crippen molar-refractivity contribution in [3.05, 3.63) is 82.9 Å². The number of carbonyl (C=O) groups is 2. The van der Waals surface area contributed by atoms with Crippen LogP contribution in [0, 0.1) is 29.9 Å². The maximum atomic E-state index is 14.1. The SMILES string of the molecule is C#CC1CCN(c2ccc(C(=O)Nc3n[nH]c4ccc(Cc5cc(F)cc(F)c5)cc34)c(N(C(=O)C(F)(F)F)C3CCOCC3)c2)CC1. The second-order valence-corrected chi connectivity index (χ2v) is 12.0. The molecular weight excluding hydrogens is 633 g/mol. The molecule has 0 bridgehead atoms. The predicted molar refractivity (Wildman–Crippen MR) is 171 cm³/mol. The van der Waals surface area contributed by atoms with Gasteiger partial charge >= 0.3 is 12.1 Å². The first-order valence-electron chi connectivity index (χ1n) is 15.6. The van der Waals surface area contributed by atoms with Gasteiger partial charge in [-0.1, -0.05) is 6.07 Å². The number of alkyl halides is 3. The Morgan fingerprint density at radius 1 is 0.979 bits per heavy atom. The highest BCUT2D eigenvalue weighted by molar-refractivity contribution is 6.13. The summed E-state index contributed by atoms with van der Waals surface area (Å²) in [5.74, 6) is -1.33. The smallest absolute Gasteiger partial charge is 0.381 e. The van der Waals surface area contributed by atoms with Crippen LogP contribution in [0.5, 0.6) is 0 Å². The largest absolute Gasteiger partial charge is 0.471 e. The molecule has 8 nitrogen and oxygen atoms in total. The van der Waals surface area contributed by atoms with E-state index in [-0.39, 0.29) is 55.5 Å². The Morgan fingerprint density at radius 2 is 1.69 bits per heavy atom. The van der Waals surface area contributed by atoms with Gasteiger partial charge in [-0.05, 0) is 85.7 Å². The van der Waals surface area contributed by atoms with Crippen molar-refractivity contribution in [1.82, 2.24) is 10.2 Å². The van der Waals surface area contributed by atoms with E-state index in [0.717, 1.165) is 6.07 Å². The molecule has 0 atom stereocenters. The van der Waals surface area contributed by atoms with Gasteiger partial charge in [0.1, 0.15) is 11.6 Å². The highest BCUT2D eigenvalue weighted by Crippen LogP contribution is 2.36. The standard InChI is InChI=1S/C35H32F5N5O3/c1-2-21-7-11-44(12-8-21)27-4-5-28(31(20-27)45(34(47)35(38,39)40)26-9-13-48-14-10-26)33(46)41-32-29-18-22(3-6-30(29)42-43-32)15-23-16-24(36)19-25(37)17-23/h1,3-6,16-21,26H,7-15H2,(H2,41,42,43,46). The van der Waals surface area contributed by atoms with Crippen LogP contribution in [0.4, 0.5) is 39.1 Å². The third kappa shape index (κ3) is 7.13. The molecule has 2 N–H and O–H groups in total. The molecule has 0 unspecified atom stereocenters. The fourth-order valence-corrected chi connectivity index (χ4v) is 6.35. The van der Waals surface area contributed by atoms with E-state index in [1.807, 2.05) is 4.90 Å². The Labute approximate surface area is 273 Å². The quantitative estimate of drug-likeness (QED) is 0.171. The van der Waals surface area contributed by atoms with E-state index in [2.05, 4.69) is 21.4 Å². The van der Waals surface area contributed by atoms with Crippen molar-refractivity contribution in [2.45, 2.75) is 44.3 Å². The molecule has 2 saturated heterocycles. The summed E-state index contributed by atoms with van der Waals surface area (Å²) in [4.78, 5) is 29.7. The lowest BCUT2D eigenvalue weighted by molar-refractivity contribution is -0.171. The summed E-state index contributed by atoms with van der Waals surface area (Å²) < 4.78 is 75.3. The minimum atomic E-state index is -5.20. The molecule has 2 amide bonds. The number of hydrogen-bond acceptors (Lipinski definition) is 5. The van der Waals surface area contributed by atoms with Gasteiger partial charge in [0.25, 0.3) is 5.91 Å². The van der Waals surface area contributed by atoms with Gasteiger partial charge in [-0.15, -0.1) is 12.3 Å². The van der Waals surface area contributed by atoms with Gasteiger partial charge in [-0.3, -0.25) is 14.7 Å². The number of rotatable bonds is 7. The average molecular weight is 666 g/mol. The lowest BCUT2D eigenvalue weighted by Gasteiger charge is -2.37. The highest BCUT2D eigenvalue weighted by atomic mass is 19.4. The Hall–Kier alpha value is -4.96. The van der Waals surface area contributed by atoms with Crippen LogP contribution >= 0.6 is 0 Å². The van der Waals surface area contributed by atoms with E-state index < -0.39 is 35.7 Å². The Bertz CT molecular complexity index is 1850. The molecule has 0 aliphatic carbocycles. The number of ether oxygens (including phenoxy) is 1. The van der Waals surface area contributed by atoms with E-state index in [9.17, 15) is 31.5 Å². The Morgan fingerprint density at radius 3 is 2.35 bits per heavy atom. The number of terminal acetylenes is 1. The lowest BCUT2D eigenvalue weighted by Crippen LogP contribution is -2.50. The third-order valence-electron chi connectivity index (χ3n) is 8.79. The third-order valence-corrected chi connectivity index (χ3v) is 8.79. The molecule has 4 aromatic rings. The monoisotopic (exact) mass is 665 g/mol. The van der Waals surface area contributed by atoms with Gasteiger partial charge in [0.15, 0.2) is 5.82 Å². The normalized spacial score (nSPS) is 16.1. The van der Waals surface area contributed by atoms with E-state index >= 15 is 0 Å². The average Bonchev–Trinajstić information content (AvgIpc) is 3.46. The van der Waals surface area contributed by atoms with Gasteiger partial charge in [-0.25, -0.2) is 8.78 Å². The molecule has 0 saturated carbocycles. The molecule has 48 heavy (non-hydrogen) atoms. The molecule has 2 aliphatic rings. The summed E-state index contributed by atoms with van der Waals surface area (Å²) in [6.45, 7) is 1.45. The summed E-state index contributed by atoms with van der Waals surface area (Å²) in [6, 6.07) is 12.0. The number of fused-ring (bicyclic) bond motifs is 1. The van der Waals surface area contributed by atoms with E-state index in [1.54, 1.807) is 24.3 Å². The van der Waals surface area contributed by atoms with Crippen LogP contribution in [-0.2, 0) is 16.0 Å². The Balaban J connectivity index is 1.36. The zero-order valence-electron chi connectivity index (χ0n) is 25.7. The molecular formula is C35H32F5N5O3. The first kappa shape index (κ1) is 33.0. The number of aromatic amines is 1. The number of aromatic nitrogens is 2. The summed E-state index contributed by atoms with van der Waals surface area (Å²) >= 11 is 0. The Kier molecular flexibility index (Phi) is 9.37. The maximum Gasteiger partial charge on any atom is 0.471 e. The number of carbonyl (C=O) groups excluding carboxylic acids is 2. The lowest BCUT2D eigenvalue weighted by atomic mass is 9.97. The number of nitrogens with one attached hydrogen (secondary N) is 2. The molecule has 2 fully saturated rings. The molecule has 0 radical (unpaired) electrons. The van der Waals surface area contributed by atoms with Crippen molar-refractivity contribution in [3.63, 3.8) is 0 Å². The van der Waals surface area contributed by atoms with Crippen molar-refractivity contribution in [2.75, 3.05) is 41.4 Å². The number of anilines is 3. The number of H-pyrrole nitrogens is 1. The van der Waals surface area contributed by atoms with Gasteiger partial charge in [-0.2, -0.15) is 18.3 Å². The minimum Gasteiger partial charge on any atom is -0.381 e. The summed E-state index contributed by atoms with van der Waals surface area (Å²) in [5.41, 5.74) is 1.85. The number of benzene rings is 3. The molecule has 3 aromatic carbocycles. The summed E-state index contributed by atoms with van der Waals surface area (Å²) in [7, 11) is 0. The molecule has 0 spiro atoms. The first-order valence-corrected chi connectivity index (χ1v) is 15.6. The van der Waals surface area contributed by atoms with E-state index in [4.69, 9.17) is 11.2 Å². The van der Waals surface area contributed by atoms with E-state index in [0.29, 0.717) is 58.5 Å².